The molecule has 1 aromatic heterocycles. The van der Waals surface area contributed by atoms with Gasteiger partial charge in [0, 0.05) is 17.0 Å². The van der Waals surface area contributed by atoms with Gasteiger partial charge >= 0.3 is 0 Å². The number of nitrogens with zero attached hydrogens (tertiary/aromatic N) is 2. The lowest BCUT2D eigenvalue weighted by atomic mass is 9.81. The van der Waals surface area contributed by atoms with Crippen LogP contribution in [0.3, 0.4) is 0 Å². The van der Waals surface area contributed by atoms with Crippen molar-refractivity contribution in [1.29, 1.82) is 0 Å². The summed E-state index contributed by atoms with van der Waals surface area (Å²) < 4.78 is 7.08. The van der Waals surface area contributed by atoms with Gasteiger partial charge < -0.3 is 15.4 Å². The van der Waals surface area contributed by atoms with Crippen molar-refractivity contribution in [2.24, 2.45) is 0 Å². The van der Waals surface area contributed by atoms with Gasteiger partial charge in [-0.2, -0.15) is 5.10 Å². The molecule has 0 aliphatic carbocycles. The van der Waals surface area contributed by atoms with Gasteiger partial charge in [0.2, 0.25) is 5.91 Å². The molecule has 176 valence electrons. The van der Waals surface area contributed by atoms with Crippen molar-refractivity contribution >= 4 is 17.6 Å². The first-order valence-corrected chi connectivity index (χ1v) is 11.4. The molecule has 5 rings (SSSR count). The summed E-state index contributed by atoms with van der Waals surface area (Å²) in [5, 5.41) is 10.8. The SMILES string of the molecule is COc1ccc([C@H]2c3c(C)nn(-c4ccccc4)c3NC(=O)[C@@H]2NC(=O)c2cccc(C)c2)cc1. The van der Waals surface area contributed by atoms with Crippen LogP contribution < -0.4 is 15.4 Å². The zero-order chi connectivity index (χ0) is 24.5. The van der Waals surface area contributed by atoms with Gasteiger partial charge in [-0.15, -0.1) is 0 Å². The average Bonchev–Trinajstić information content (AvgIpc) is 3.20. The Kier molecular flexibility index (Phi) is 5.82. The average molecular weight is 467 g/mol. The molecule has 7 nitrogen and oxygen atoms in total. The Bertz CT molecular complexity index is 1390. The van der Waals surface area contributed by atoms with Crippen LogP contribution in [0.25, 0.3) is 5.69 Å². The van der Waals surface area contributed by atoms with Crippen LogP contribution in [0.2, 0.25) is 0 Å². The number of carbonyl (C=O) groups excluding carboxylic acids is 2. The van der Waals surface area contributed by atoms with Crippen LogP contribution in [0.1, 0.15) is 38.7 Å². The van der Waals surface area contributed by atoms with E-state index < -0.39 is 12.0 Å². The standard InChI is InChI=1S/C28H26N4O3/c1-17-8-7-9-20(16-17)27(33)29-25-24(19-12-14-22(35-3)15-13-19)23-18(2)31-32(26(23)30-28(25)34)21-10-5-4-6-11-21/h4-16,24-25H,1-3H3,(H,29,33)(H,30,34)/t24-,25+/m0/s1. The zero-order valence-corrected chi connectivity index (χ0v) is 19.8. The lowest BCUT2D eigenvalue weighted by Gasteiger charge is -2.33. The summed E-state index contributed by atoms with van der Waals surface area (Å²) >= 11 is 0. The first kappa shape index (κ1) is 22.4. The van der Waals surface area contributed by atoms with Crippen molar-refractivity contribution in [1.82, 2.24) is 15.1 Å². The Morgan fingerprint density at radius 2 is 1.74 bits per heavy atom. The molecule has 1 aliphatic rings. The maximum Gasteiger partial charge on any atom is 0.251 e. The normalized spacial score (nSPS) is 16.8. The third kappa shape index (κ3) is 4.17. The quantitative estimate of drug-likeness (QED) is 0.457. The number of ether oxygens (including phenoxy) is 1. The highest BCUT2D eigenvalue weighted by Gasteiger charge is 2.41. The van der Waals surface area contributed by atoms with Gasteiger partial charge in [0.25, 0.3) is 5.91 Å². The van der Waals surface area contributed by atoms with Crippen LogP contribution in [0.4, 0.5) is 5.82 Å². The summed E-state index contributed by atoms with van der Waals surface area (Å²) in [6, 6.07) is 23.7. The monoisotopic (exact) mass is 466 g/mol. The summed E-state index contributed by atoms with van der Waals surface area (Å²) in [5.41, 5.74) is 4.85. The van der Waals surface area contributed by atoms with E-state index in [1.54, 1.807) is 17.9 Å². The number of methoxy groups -OCH3 is 1. The summed E-state index contributed by atoms with van der Waals surface area (Å²) in [6.07, 6.45) is 0. The van der Waals surface area contributed by atoms with Gasteiger partial charge in [-0.3, -0.25) is 9.59 Å². The zero-order valence-electron chi connectivity index (χ0n) is 19.8. The topological polar surface area (TPSA) is 85.2 Å². The van der Waals surface area contributed by atoms with E-state index in [9.17, 15) is 9.59 Å². The van der Waals surface area contributed by atoms with Crippen LogP contribution in [-0.4, -0.2) is 34.7 Å². The number of fused-ring (bicyclic) bond motifs is 1. The van der Waals surface area contributed by atoms with Gasteiger partial charge in [0.1, 0.15) is 17.6 Å². The van der Waals surface area contributed by atoms with Crippen LogP contribution in [0.5, 0.6) is 5.75 Å². The molecule has 2 amide bonds. The summed E-state index contributed by atoms with van der Waals surface area (Å²) in [6.45, 7) is 3.85. The van der Waals surface area contributed by atoms with Crippen molar-refractivity contribution in [3.8, 4) is 11.4 Å². The van der Waals surface area contributed by atoms with Crippen molar-refractivity contribution < 1.29 is 14.3 Å². The molecule has 0 fully saturated rings. The highest BCUT2D eigenvalue weighted by Crippen LogP contribution is 2.41. The number of rotatable bonds is 5. The number of hydrogen-bond acceptors (Lipinski definition) is 4. The summed E-state index contributed by atoms with van der Waals surface area (Å²) in [4.78, 5) is 26.7. The molecule has 7 heteroatoms. The molecule has 0 saturated heterocycles. The van der Waals surface area contributed by atoms with Crippen LogP contribution in [0, 0.1) is 13.8 Å². The van der Waals surface area contributed by atoms with E-state index in [4.69, 9.17) is 9.84 Å². The minimum Gasteiger partial charge on any atom is -0.497 e. The second kappa shape index (κ2) is 9.10. The molecule has 2 N–H and O–H groups in total. The molecule has 2 heterocycles. The van der Waals surface area contributed by atoms with Gasteiger partial charge in [0.15, 0.2) is 0 Å². The Labute approximate surface area is 203 Å². The van der Waals surface area contributed by atoms with E-state index in [2.05, 4.69) is 10.6 Å². The number of para-hydroxylation sites is 1. The number of nitrogens with one attached hydrogen (secondary N) is 2. The van der Waals surface area contributed by atoms with Gasteiger partial charge in [0.05, 0.1) is 18.5 Å². The summed E-state index contributed by atoms with van der Waals surface area (Å²) in [7, 11) is 1.61. The largest absolute Gasteiger partial charge is 0.497 e. The van der Waals surface area contributed by atoms with E-state index in [1.165, 1.54) is 0 Å². The highest BCUT2D eigenvalue weighted by molar-refractivity contribution is 6.04. The number of hydrogen-bond donors (Lipinski definition) is 2. The predicted molar refractivity (Wildman–Crippen MR) is 134 cm³/mol. The number of aromatic nitrogens is 2. The van der Waals surface area contributed by atoms with Gasteiger partial charge in [-0.05, 0) is 55.8 Å². The molecule has 35 heavy (non-hydrogen) atoms. The smallest absolute Gasteiger partial charge is 0.251 e. The maximum absolute atomic E-state index is 13.5. The maximum atomic E-state index is 13.5. The van der Waals surface area contributed by atoms with E-state index in [0.717, 1.165) is 28.1 Å². The van der Waals surface area contributed by atoms with E-state index in [-0.39, 0.29) is 11.8 Å². The second-order valence-electron chi connectivity index (χ2n) is 8.66. The van der Waals surface area contributed by atoms with Crippen molar-refractivity contribution in [3.63, 3.8) is 0 Å². The van der Waals surface area contributed by atoms with Crippen molar-refractivity contribution in [3.05, 3.63) is 107 Å². The van der Waals surface area contributed by atoms with E-state index in [0.29, 0.717) is 17.1 Å². The summed E-state index contributed by atoms with van der Waals surface area (Å²) in [5.74, 6) is 0.294. The number of aryl methyl sites for hydroxylation is 2. The molecule has 4 aromatic rings. The number of amides is 2. The molecule has 0 spiro atoms. The Balaban J connectivity index is 1.62. The van der Waals surface area contributed by atoms with Crippen molar-refractivity contribution in [2.45, 2.75) is 25.8 Å². The predicted octanol–water partition coefficient (Wildman–Crippen LogP) is 4.38. The molecule has 0 saturated carbocycles. The molecule has 1 aliphatic heterocycles. The van der Waals surface area contributed by atoms with Crippen LogP contribution in [-0.2, 0) is 4.79 Å². The molecule has 0 radical (unpaired) electrons. The second-order valence-corrected chi connectivity index (χ2v) is 8.66. The molecule has 2 atom stereocenters. The lowest BCUT2D eigenvalue weighted by molar-refractivity contribution is -0.118. The molecule has 0 bridgehead atoms. The van der Waals surface area contributed by atoms with E-state index in [1.807, 2.05) is 86.6 Å². The first-order valence-electron chi connectivity index (χ1n) is 11.4. The fourth-order valence-electron chi connectivity index (χ4n) is 4.63. The Morgan fingerprint density at radius 1 is 1.00 bits per heavy atom. The number of benzene rings is 3. The highest BCUT2D eigenvalue weighted by atomic mass is 16.5. The van der Waals surface area contributed by atoms with Crippen LogP contribution >= 0.6 is 0 Å². The number of carbonyl (C=O) groups is 2. The fraction of sp³-hybridized carbons (Fsp3) is 0.179. The first-order chi connectivity index (χ1) is 17.0. The molecule has 3 aromatic carbocycles. The van der Waals surface area contributed by atoms with E-state index >= 15 is 0 Å². The minimum atomic E-state index is -0.823. The lowest BCUT2D eigenvalue weighted by Crippen LogP contribution is -2.50. The third-order valence-corrected chi connectivity index (χ3v) is 6.32. The third-order valence-electron chi connectivity index (χ3n) is 6.32. The molecular formula is C28H26N4O3. The van der Waals surface area contributed by atoms with Gasteiger partial charge in [-0.1, -0.05) is 48.0 Å². The molecular weight excluding hydrogens is 440 g/mol. The Hall–Kier alpha value is -4.39. The van der Waals surface area contributed by atoms with Crippen LogP contribution in [0.15, 0.2) is 78.9 Å². The molecule has 0 unspecified atom stereocenters. The van der Waals surface area contributed by atoms with Gasteiger partial charge in [-0.25, -0.2) is 4.68 Å². The number of anilines is 1. The fourth-order valence-corrected chi connectivity index (χ4v) is 4.63. The van der Waals surface area contributed by atoms with Crippen molar-refractivity contribution in [2.75, 3.05) is 12.4 Å². The minimum absolute atomic E-state index is 0.295. The Morgan fingerprint density at radius 3 is 2.43 bits per heavy atom.